The molecule has 0 aliphatic heterocycles. The molecule has 0 bridgehead atoms. The minimum atomic E-state index is 0.864. The molecule has 2 aromatic heterocycles. The van der Waals surface area contributed by atoms with Gasteiger partial charge in [-0.15, -0.1) is 0 Å². The van der Waals surface area contributed by atoms with Crippen LogP contribution in [0.4, 0.5) is 0 Å². The second-order valence-electron chi connectivity index (χ2n) is 15.8. The van der Waals surface area contributed by atoms with E-state index in [-0.39, 0.29) is 0 Å². The van der Waals surface area contributed by atoms with Crippen LogP contribution in [0.2, 0.25) is 0 Å². The van der Waals surface area contributed by atoms with Crippen molar-refractivity contribution in [1.82, 2.24) is 14.5 Å². The Morgan fingerprint density at radius 2 is 0.721 bits per heavy atom. The second-order valence-corrected chi connectivity index (χ2v) is 15.8. The topological polar surface area (TPSA) is 30.7 Å². The zero-order valence-electron chi connectivity index (χ0n) is 33.2. The number of para-hydroxylation sites is 2. The molecule has 12 rings (SSSR count). The quantitative estimate of drug-likeness (QED) is 0.158. The van der Waals surface area contributed by atoms with Crippen LogP contribution in [0, 0.1) is 0 Å². The smallest absolute Gasteiger partial charge is 0.0979 e. The van der Waals surface area contributed by atoms with Crippen molar-refractivity contribution in [2.45, 2.75) is 0 Å². The van der Waals surface area contributed by atoms with Crippen LogP contribution in [0.25, 0.3) is 116 Å². The fourth-order valence-electron chi connectivity index (χ4n) is 9.24. The average Bonchev–Trinajstić information content (AvgIpc) is 3.68. The summed E-state index contributed by atoms with van der Waals surface area (Å²) in [6.45, 7) is 0. The van der Waals surface area contributed by atoms with Crippen LogP contribution in [-0.2, 0) is 0 Å². The van der Waals surface area contributed by atoms with Gasteiger partial charge in [0.15, 0.2) is 0 Å². The van der Waals surface area contributed by atoms with Gasteiger partial charge in [0.2, 0.25) is 0 Å². The zero-order valence-corrected chi connectivity index (χ0v) is 33.2. The molecule has 0 atom stereocenters. The summed E-state index contributed by atoms with van der Waals surface area (Å²) < 4.78 is 2.38. The van der Waals surface area contributed by atoms with Gasteiger partial charge >= 0.3 is 0 Å². The number of fused-ring (bicyclic) bond motifs is 9. The van der Waals surface area contributed by atoms with Gasteiger partial charge in [-0.2, -0.15) is 0 Å². The van der Waals surface area contributed by atoms with Crippen LogP contribution in [-0.4, -0.2) is 14.5 Å². The van der Waals surface area contributed by atoms with E-state index in [0.717, 1.165) is 49.9 Å². The number of benzene rings is 10. The van der Waals surface area contributed by atoms with E-state index in [0.29, 0.717) is 0 Å². The Labute approximate surface area is 353 Å². The molecule has 10 aromatic carbocycles. The lowest BCUT2D eigenvalue weighted by atomic mass is 9.95. The first-order chi connectivity index (χ1) is 30.2. The van der Waals surface area contributed by atoms with Crippen molar-refractivity contribution in [2.24, 2.45) is 0 Å². The maximum absolute atomic E-state index is 5.24. The van der Waals surface area contributed by atoms with Crippen molar-refractivity contribution in [3.8, 4) is 61.5 Å². The lowest BCUT2D eigenvalue weighted by Crippen LogP contribution is -1.93. The van der Waals surface area contributed by atoms with Crippen LogP contribution in [0.3, 0.4) is 0 Å². The van der Waals surface area contributed by atoms with E-state index >= 15 is 0 Å². The molecule has 0 amide bonds. The summed E-state index contributed by atoms with van der Waals surface area (Å²) in [6.07, 6.45) is 1.92. The van der Waals surface area contributed by atoms with Crippen molar-refractivity contribution in [2.75, 3.05) is 0 Å². The minimum absolute atomic E-state index is 0.864. The van der Waals surface area contributed by atoms with Gasteiger partial charge in [-0.25, -0.2) is 4.98 Å². The zero-order chi connectivity index (χ0) is 40.3. The first-order valence-corrected chi connectivity index (χ1v) is 20.8. The van der Waals surface area contributed by atoms with Crippen molar-refractivity contribution in [3.05, 3.63) is 225 Å². The van der Waals surface area contributed by atoms with Gasteiger partial charge in [0.05, 0.1) is 34.0 Å². The molecule has 2 heterocycles. The highest BCUT2D eigenvalue weighted by Gasteiger charge is 2.15. The summed E-state index contributed by atoms with van der Waals surface area (Å²) in [5, 5.41) is 7.17. The molecule has 284 valence electrons. The van der Waals surface area contributed by atoms with Gasteiger partial charge in [0.1, 0.15) is 0 Å². The molecule has 3 nitrogen and oxygen atoms in total. The second kappa shape index (κ2) is 14.3. The monoisotopic (exact) mass is 775 g/mol. The summed E-state index contributed by atoms with van der Waals surface area (Å²) in [5.41, 5.74) is 16.8. The van der Waals surface area contributed by atoms with E-state index in [1.165, 1.54) is 66.0 Å². The molecule has 0 unspecified atom stereocenters. The van der Waals surface area contributed by atoms with Gasteiger partial charge in [0, 0.05) is 32.8 Å². The molecule has 0 N–H and O–H groups in total. The third kappa shape index (κ3) is 5.98. The van der Waals surface area contributed by atoms with E-state index < -0.39 is 0 Å². The summed E-state index contributed by atoms with van der Waals surface area (Å²) in [4.78, 5) is 10.2. The van der Waals surface area contributed by atoms with Crippen molar-refractivity contribution in [3.63, 3.8) is 0 Å². The number of hydrogen-bond acceptors (Lipinski definition) is 2. The normalized spacial score (nSPS) is 11.6. The standard InChI is InChI=1S/C58H37N3/c1-2-19-47(20-3-1)61-55-26-9-8-23-50(55)51-32-31-45(36-56(51)61)44-17-11-16-43(34-44)42-15-10-13-40(33-42)38-27-29-39(30-28-38)41-14-12-18-46(35-41)54-37-59-57-52-24-6-4-21-48(52)49-22-5-7-25-53(49)58(57)60-54/h1-37H. The Morgan fingerprint density at radius 1 is 0.279 bits per heavy atom. The van der Waals surface area contributed by atoms with Crippen LogP contribution >= 0.6 is 0 Å². The molecule has 12 aromatic rings. The Balaban J connectivity index is 0.846. The Hall–Kier alpha value is -8.14. The third-order valence-electron chi connectivity index (χ3n) is 12.2. The van der Waals surface area contributed by atoms with E-state index in [9.17, 15) is 0 Å². The SMILES string of the molecule is c1ccc(-n2c3ccccc3c3ccc(-c4cccc(-c5cccc(-c6ccc(-c7cccc(-c8cnc9c%10ccccc%10c%10ccccc%10c9n8)c7)cc6)c5)c4)cc32)cc1. The fourth-order valence-corrected chi connectivity index (χ4v) is 9.24. The summed E-state index contributed by atoms with van der Waals surface area (Å²) in [7, 11) is 0. The van der Waals surface area contributed by atoms with Gasteiger partial charge in [0.25, 0.3) is 0 Å². The fraction of sp³-hybridized carbons (Fsp3) is 0. The van der Waals surface area contributed by atoms with Crippen LogP contribution in [0.1, 0.15) is 0 Å². The predicted molar refractivity (Wildman–Crippen MR) is 256 cm³/mol. The van der Waals surface area contributed by atoms with E-state index in [1.54, 1.807) is 0 Å². The van der Waals surface area contributed by atoms with Crippen molar-refractivity contribution >= 4 is 54.4 Å². The van der Waals surface area contributed by atoms with Gasteiger partial charge in [-0.1, -0.05) is 176 Å². The number of rotatable bonds is 6. The van der Waals surface area contributed by atoms with Crippen molar-refractivity contribution in [1.29, 1.82) is 0 Å². The maximum atomic E-state index is 5.24. The predicted octanol–water partition coefficient (Wildman–Crippen LogP) is 15.4. The Bertz CT molecular complexity index is 3600. The maximum Gasteiger partial charge on any atom is 0.0979 e. The molecule has 0 saturated carbocycles. The molecule has 0 saturated heterocycles. The first-order valence-electron chi connectivity index (χ1n) is 20.8. The lowest BCUT2D eigenvalue weighted by molar-refractivity contribution is 1.18. The highest BCUT2D eigenvalue weighted by Crippen LogP contribution is 2.38. The average molecular weight is 776 g/mol. The van der Waals surface area contributed by atoms with E-state index in [2.05, 4.69) is 223 Å². The highest BCUT2D eigenvalue weighted by atomic mass is 15.0. The van der Waals surface area contributed by atoms with Crippen LogP contribution < -0.4 is 0 Å². The molecular weight excluding hydrogens is 739 g/mol. The highest BCUT2D eigenvalue weighted by molar-refractivity contribution is 6.23. The molecule has 3 heteroatoms. The molecule has 61 heavy (non-hydrogen) atoms. The van der Waals surface area contributed by atoms with Gasteiger partial charge in [-0.05, 0) is 97.7 Å². The molecule has 0 aliphatic carbocycles. The van der Waals surface area contributed by atoms with Gasteiger partial charge in [-0.3, -0.25) is 4.98 Å². The molecule has 0 spiro atoms. The third-order valence-corrected chi connectivity index (χ3v) is 12.2. The molecule has 0 fully saturated rings. The minimum Gasteiger partial charge on any atom is -0.309 e. The van der Waals surface area contributed by atoms with Crippen LogP contribution in [0.15, 0.2) is 225 Å². The molecule has 0 aliphatic rings. The largest absolute Gasteiger partial charge is 0.309 e. The Kier molecular flexibility index (Phi) is 8.17. The summed E-state index contributed by atoms with van der Waals surface area (Å²) >= 11 is 0. The first kappa shape index (κ1) is 34.9. The van der Waals surface area contributed by atoms with Crippen molar-refractivity contribution < 1.29 is 0 Å². The number of nitrogens with zero attached hydrogens (tertiary/aromatic N) is 3. The Morgan fingerprint density at radius 3 is 1.34 bits per heavy atom. The molecule has 0 radical (unpaired) electrons. The number of hydrogen-bond donors (Lipinski definition) is 0. The number of aromatic nitrogens is 3. The summed E-state index contributed by atoms with van der Waals surface area (Å²) in [6, 6.07) is 78.5. The molecular formula is C58H37N3. The van der Waals surface area contributed by atoms with Gasteiger partial charge < -0.3 is 4.57 Å². The van der Waals surface area contributed by atoms with Crippen LogP contribution in [0.5, 0.6) is 0 Å². The lowest BCUT2D eigenvalue weighted by Gasteiger charge is -2.11. The van der Waals surface area contributed by atoms with E-state index in [4.69, 9.17) is 9.97 Å². The van der Waals surface area contributed by atoms with E-state index in [1.807, 2.05) is 6.20 Å². The summed E-state index contributed by atoms with van der Waals surface area (Å²) in [5.74, 6) is 0.